The Hall–Kier alpha value is -2.83. The predicted molar refractivity (Wildman–Crippen MR) is 100 cm³/mol. The molecule has 0 bridgehead atoms. The van der Waals surface area contributed by atoms with Gasteiger partial charge in [0.1, 0.15) is 18.9 Å². The fourth-order valence-electron chi connectivity index (χ4n) is 2.80. The van der Waals surface area contributed by atoms with E-state index in [0.29, 0.717) is 42.0 Å². The Balaban J connectivity index is 1.74. The zero-order valence-electron chi connectivity index (χ0n) is 15.2. The molecule has 1 aromatic heterocycles. The summed E-state index contributed by atoms with van der Waals surface area (Å²) in [6.07, 6.45) is 3.62. The van der Waals surface area contributed by atoms with Crippen molar-refractivity contribution in [3.05, 3.63) is 36.2 Å². The molecule has 1 amide bonds. The summed E-state index contributed by atoms with van der Waals surface area (Å²) < 4.78 is 11.0. The molecular weight excluding hydrogens is 332 g/mol. The summed E-state index contributed by atoms with van der Waals surface area (Å²) in [5, 5.41) is 2.86. The Morgan fingerprint density at radius 3 is 2.58 bits per heavy atom. The lowest BCUT2D eigenvalue weighted by Crippen LogP contribution is -2.27. The number of aromatic nitrogens is 2. The van der Waals surface area contributed by atoms with Gasteiger partial charge in [0.25, 0.3) is 5.91 Å². The van der Waals surface area contributed by atoms with E-state index in [4.69, 9.17) is 9.47 Å². The van der Waals surface area contributed by atoms with Crippen LogP contribution >= 0.6 is 0 Å². The quantitative estimate of drug-likeness (QED) is 0.821. The maximum Gasteiger partial charge on any atom is 0.274 e. The van der Waals surface area contributed by atoms with Crippen LogP contribution in [0.1, 0.15) is 37.2 Å². The lowest BCUT2D eigenvalue weighted by atomic mass is 10.2. The average molecular weight is 356 g/mol. The Morgan fingerprint density at radius 1 is 1.12 bits per heavy atom. The highest BCUT2D eigenvalue weighted by atomic mass is 16.6. The second kappa shape index (κ2) is 8.51. The number of nitrogens with one attached hydrogen (secondary N) is 1. The first-order valence-corrected chi connectivity index (χ1v) is 9.00. The number of ether oxygens (including phenoxy) is 2. The van der Waals surface area contributed by atoms with Crippen LogP contribution in [-0.2, 0) is 0 Å². The summed E-state index contributed by atoms with van der Waals surface area (Å²) in [4.78, 5) is 23.4. The van der Waals surface area contributed by atoms with Crippen LogP contribution in [0.4, 0.5) is 11.6 Å². The van der Waals surface area contributed by atoms with E-state index >= 15 is 0 Å². The van der Waals surface area contributed by atoms with Crippen LogP contribution in [0.3, 0.4) is 0 Å². The molecular formula is C19H24N4O3. The zero-order chi connectivity index (χ0) is 18.4. The highest BCUT2D eigenvalue weighted by Crippen LogP contribution is 2.32. The Labute approximate surface area is 153 Å². The predicted octanol–water partition coefficient (Wildman–Crippen LogP) is 3.13. The van der Waals surface area contributed by atoms with E-state index in [2.05, 4.69) is 34.0 Å². The number of benzene rings is 1. The molecule has 0 unspecified atom stereocenters. The second-order valence-corrected chi connectivity index (χ2v) is 6.04. The van der Waals surface area contributed by atoms with Gasteiger partial charge in [-0.1, -0.05) is 13.8 Å². The Morgan fingerprint density at radius 2 is 1.85 bits per heavy atom. The van der Waals surface area contributed by atoms with Crippen molar-refractivity contribution in [2.75, 3.05) is 36.5 Å². The molecule has 0 spiro atoms. The lowest BCUT2D eigenvalue weighted by molar-refractivity contribution is 0.102. The molecule has 0 saturated carbocycles. The van der Waals surface area contributed by atoms with E-state index in [-0.39, 0.29) is 5.91 Å². The van der Waals surface area contributed by atoms with Gasteiger partial charge in [-0.15, -0.1) is 0 Å². The number of hydrogen-bond acceptors (Lipinski definition) is 6. The van der Waals surface area contributed by atoms with Crippen LogP contribution in [0.25, 0.3) is 0 Å². The fraction of sp³-hybridized carbons (Fsp3) is 0.421. The molecule has 26 heavy (non-hydrogen) atoms. The zero-order valence-corrected chi connectivity index (χ0v) is 15.2. The largest absolute Gasteiger partial charge is 0.486 e. The average Bonchev–Trinajstić information content (AvgIpc) is 2.68. The summed E-state index contributed by atoms with van der Waals surface area (Å²) in [5.41, 5.74) is 0.973. The molecule has 2 aromatic rings. The van der Waals surface area contributed by atoms with Crippen molar-refractivity contribution in [2.24, 2.45) is 0 Å². The summed E-state index contributed by atoms with van der Waals surface area (Å²) in [6.45, 7) is 6.99. The van der Waals surface area contributed by atoms with Crippen LogP contribution < -0.4 is 19.7 Å². The number of carbonyl (C=O) groups is 1. The summed E-state index contributed by atoms with van der Waals surface area (Å²) in [7, 11) is 0. The van der Waals surface area contributed by atoms with Gasteiger partial charge in [0, 0.05) is 31.0 Å². The van der Waals surface area contributed by atoms with Gasteiger partial charge >= 0.3 is 0 Å². The minimum Gasteiger partial charge on any atom is -0.486 e. The van der Waals surface area contributed by atoms with Crippen molar-refractivity contribution in [2.45, 2.75) is 26.7 Å². The smallest absolute Gasteiger partial charge is 0.274 e. The third kappa shape index (κ3) is 4.22. The van der Waals surface area contributed by atoms with E-state index in [1.807, 2.05) is 0 Å². The molecule has 7 heteroatoms. The first-order chi connectivity index (χ1) is 12.7. The van der Waals surface area contributed by atoms with Gasteiger partial charge in [-0.2, -0.15) is 0 Å². The number of hydrogen-bond donors (Lipinski definition) is 1. The molecule has 0 saturated heterocycles. The summed E-state index contributed by atoms with van der Waals surface area (Å²) in [6, 6.07) is 6.95. The molecule has 0 aliphatic carbocycles. The number of nitrogens with zero attached hydrogens (tertiary/aromatic N) is 3. The van der Waals surface area contributed by atoms with Crippen molar-refractivity contribution >= 4 is 17.5 Å². The third-order valence-corrected chi connectivity index (χ3v) is 3.95. The van der Waals surface area contributed by atoms with E-state index in [9.17, 15) is 4.79 Å². The van der Waals surface area contributed by atoms with Crippen molar-refractivity contribution in [3.8, 4) is 11.5 Å². The van der Waals surface area contributed by atoms with E-state index in [1.54, 1.807) is 30.5 Å². The number of rotatable bonds is 7. The van der Waals surface area contributed by atoms with Gasteiger partial charge in [0.15, 0.2) is 11.5 Å². The summed E-state index contributed by atoms with van der Waals surface area (Å²) >= 11 is 0. The van der Waals surface area contributed by atoms with Gasteiger partial charge in [0.2, 0.25) is 5.95 Å². The van der Waals surface area contributed by atoms with E-state index in [0.717, 1.165) is 25.9 Å². The molecule has 7 nitrogen and oxygen atoms in total. The second-order valence-electron chi connectivity index (χ2n) is 6.04. The maximum atomic E-state index is 12.6. The van der Waals surface area contributed by atoms with E-state index < -0.39 is 0 Å². The van der Waals surface area contributed by atoms with Crippen molar-refractivity contribution in [3.63, 3.8) is 0 Å². The molecule has 2 heterocycles. The van der Waals surface area contributed by atoms with Gasteiger partial charge in [-0.25, -0.2) is 9.97 Å². The molecule has 0 fully saturated rings. The summed E-state index contributed by atoms with van der Waals surface area (Å²) in [5.74, 6) is 1.63. The third-order valence-electron chi connectivity index (χ3n) is 3.95. The van der Waals surface area contributed by atoms with Crippen LogP contribution in [-0.4, -0.2) is 42.2 Å². The standard InChI is InChI=1S/C19H24N4O3/c1-3-9-23(10-4-2)19-20-8-7-15(22-19)18(24)21-14-5-6-16-17(13-14)26-12-11-25-16/h5-8,13H,3-4,9-12H2,1-2H3,(H,21,24). The van der Waals surface area contributed by atoms with Gasteiger partial charge in [0.05, 0.1) is 0 Å². The van der Waals surface area contributed by atoms with Gasteiger partial charge < -0.3 is 19.7 Å². The molecule has 0 atom stereocenters. The molecule has 3 rings (SSSR count). The van der Waals surface area contributed by atoms with Crippen LogP contribution in [0, 0.1) is 0 Å². The molecule has 1 aliphatic rings. The normalized spacial score (nSPS) is 12.5. The van der Waals surface area contributed by atoms with Crippen LogP contribution in [0.5, 0.6) is 11.5 Å². The monoisotopic (exact) mass is 356 g/mol. The molecule has 1 aromatic carbocycles. The first-order valence-electron chi connectivity index (χ1n) is 9.00. The molecule has 1 aliphatic heterocycles. The lowest BCUT2D eigenvalue weighted by Gasteiger charge is -2.21. The highest BCUT2D eigenvalue weighted by Gasteiger charge is 2.15. The SMILES string of the molecule is CCCN(CCC)c1nccc(C(=O)Nc2ccc3c(c2)OCCO3)n1. The topological polar surface area (TPSA) is 76.6 Å². The van der Waals surface area contributed by atoms with Crippen LogP contribution in [0.2, 0.25) is 0 Å². The number of anilines is 2. The molecule has 138 valence electrons. The molecule has 1 N–H and O–H groups in total. The molecule has 0 radical (unpaired) electrons. The Kier molecular flexibility index (Phi) is 5.88. The van der Waals surface area contributed by atoms with Crippen molar-refractivity contribution in [1.82, 2.24) is 9.97 Å². The minimum atomic E-state index is -0.279. The number of amides is 1. The fourth-order valence-corrected chi connectivity index (χ4v) is 2.80. The van der Waals surface area contributed by atoms with Crippen LogP contribution in [0.15, 0.2) is 30.5 Å². The first kappa shape index (κ1) is 18.0. The highest BCUT2D eigenvalue weighted by molar-refractivity contribution is 6.03. The number of carbonyl (C=O) groups excluding carboxylic acids is 1. The van der Waals surface area contributed by atoms with Gasteiger partial charge in [-0.3, -0.25) is 4.79 Å². The van der Waals surface area contributed by atoms with Crippen molar-refractivity contribution in [1.29, 1.82) is 0 Å². The maximum absolute atomic E-state index is 12.6. The number of fused-ring (bicyclic) bond motifs is 1. The Bertz CT molecular complexity index is 760. The van der Waals surface area contributed by atoms with Crippen molar-refractivity contribution < 1.29 is 14.3 Å². The minimum absolute atomic E-state index is 0.279. The van der Waals surface area contributed by atoms with Gasteiger partial charge in [-0.05, 0) is 31.0 Å². The van der Waals surface area contributed by atoms with E-state index in [1.165, 1.54) is 0 Å².